The molecule has 0 spiro atoms. The summed E-state index contributed by atoms with van der Waals surface area (Å²) in [6, 6.07) is 5.20. The molecule has 1 heterocycles. The quantitative estimate of drug-likeness (QED) is 0.621. The molecule has 4 atom stereocenters. The molecule has 0 bridgehead atoms. The predicted molar refractivity (Wildman–Crippen MR) is 84.7 cm³/mol. The van der Waals surface area contributed by atoms with E-state index in [1.165, 1.54) is 6.08 Å². The van der Waals surface area contributed by atoms with Gasteiger partial charge in [-0.05, 0) is 18.2 Å². The Kier molecular flexibility index (Phi) is 4.75. The SMILES string of the molecule is COc1ccc2c(c1)OCCC2NC(=O)C1=C[C@@H](O)[C@@H](O)[C@H](O)C1. The van der Waals surface area contributed by atoms with E-state index in [-0.39, 0.29) is 23.9 Å². The van der Waals surface area contributed by atoms with Crippen LogP contribution in [0.15, 0.2) is 29.8 Å². The maximum Gasteiger partial charge on any atom is 0.247 e. The summed E-state index contributed by atoms with van der Waals surface area (Å²) < 4.78 is 10.8. The van der Waals surface area contributed by atoms with Gasteiger partial charge in [-0.2, -0.15) is 0 Å². The number of nitrogens with one attached hydrogen (secondary N) is 1. The summed E-state index contributed by atoms with van der Waals surface area (Å²) in [5, 5.41) is 31.9. The number of hydrogen-bond acceptors (Lipinski definition) is 6. The number of carbonyl (C=O) groups excluding carboxylic acids is 1. The highest BCUT2D eigenvalue weighted by molar-refractivity contribution is 5.94. The largest absolute Gasteiger partial charge is 0.497 e. The van der Waals surface area contributed by atoms with E-state index in [1.807, 2.05) is 6.07 Å². The van der Waals surface area contributed by atoms with E-state index in [9.17, 15) is 20.1 Å². The van der Waals surface area contributed by atoms with Gasteiger partial charge in [-0.3, -0.25) is 4.79 Å². The van der Waals surface area contributed by atoms with Gasteiger partial charge in [0.25, 0.3) is 0 Å². The predicted octanol–water partition coefficient (Wildman–Crippen LogP) is 0.0478. The third kappa shape index (κ3) is 3.24. The maximum atomic E-state index is 12.4. The van der Waals surface area contributed by atoms with Crippen molar-refractivity contribution >= 4 is 5.91 Å². The molecule has 0 aromatic heterocycles. The first kappa shape index (κ1) is 16.8. The van der Waals surface area contributed by atoms with Crippen LogP contribution in [-0.2, 0) is 4.79 Å². The van der Waals surface area contributed by atoms with Gasteiger partial charge in [-0.25, -0.2) is 0 Å². The highest BCUT2D eigenvalue weighted by Gasteiger charge is 2.33. The lowest BCUT2D eigenvalue weighted by Gasteiger charge is -2.30. The van der Waals surface area contributed by atoms with Crippen LogP contribution < -0.4 is 14.8 Å². The van der Waals surface area contributed by atoms with Gasteiger partial charge >= 0.3 is 0 Å². The number of aliphatic hydroxyl groups is 3. The monoisotopic (exact) mass is 335 g/mol. The van der Waals surface area contributed by atoms with Crippen LogP contribution in [0.5, 0.6) is 11.5 Å². The lowest BCUT2D eigenvalue weighted by Crippen LogP contribution is -2.43. The van der Waals surface area contributed by atoms with Gasteiger partial charge < -0.3 is 30.1 Å². The molecule has 4 N–H and O–H groups in total. The molecule has 1 aliphatic carbocycles. The fourth-order valence-corrected chi connectivity index (χ4v) is 3.01. The summed E-state index contributed by atoms with van der Waals surface area (Å²) in [6.45, 7) is 0.466. The van der Waals surface area contributed by atoms with Gasteiger partial charge in [0.1, 0.15) is 23.7 Å². The third-order valence-electron chi connectivity index (χ3n) is 4.40. The van der Waals surface area contributed by atoms with Crippen molar-refractivity contribution in [2.24, 2.45) is 0 Å². The van der Waals surface area contributed by atoms with Crippen LogP contribution in [0, 0.1) is 0 Å². The van der Waals surface area contributed by atoms with Crippen molar-refractivity contribution < 1.29 is 29.6 Å². The fraction of sp³-hybridized carbons (Fsp3) is 0.471. The molecule has 0 saturated heterocycles. The van der Waals surface area contributed by atoms with Crippen molar-refractivity contribution in [2.75, 3.05) is 13.7 Å². The highest BCUT2D eigenvalue weighted by atomic mass is 16.5. The van der Waals surface area contributed by atoms with Gasteiger partial charge in [0.2, 0.25) is 5.91 Å². The molecule has 1 amide bonds. The van der Waals surface area contributed by atoms with E-state index < -0.39 is 18.3 Å². The molecule has 130 valence electrons. The molecule has 7 heteroatoms. The number of benzene rings is 1. The first-order valence-electron chi connectivity index (χ1n) is 7.86. The van der Waals surface area contributed by atoms with Crippen LogP contribution in [0.4, 0.5) is 0 Å². The second-order valence-electron chi connectivity index (χ2n) is 6.01. The Hall–Kier alpha value is -2.09. The topological polar surface area (TPSA) is 108 Å². The number of methoxy groups -OCH3 is 1. The van der Waals surface area contributed by atoms with E-state index >= 15 is 0 Å². The molecule has 0 fully saturated rings. The lowest BCUT2D eigenvalue weighted by molar-refractivity contribution is -0.120. The van der Waals surface area contributed by atoms with Crippen molar-refractivity contribution in [2.45, 2.75) is 37.2 Å². The molecule has 1 aliphatic heterocycles. The minimum absolute atomic E-state index is 0.00273. The van der Waals surface area contributed by atoms with Crippen LogP contribution in [0.3, 0.4) is 0 Å². The molecular formula is C17H21NO6. The zero-order valence-electron chi connectivity index (χ0n) is 13.3. The van der Waals surface area contributed by atoms with Crippen LogP contribution in [0.1, 0.15) is 24.4 Å². The summed E-state index contributed by atoms with van der Waals surface area (Å²) in [5.74, 6) is 0.976. The van der Waals surface area contributed by atoms with Crippen LogP contribution in [0.25, 0.3) is 0 Å². The average molecular weight is 335 g/mol. The van der Waals surface area contributed by atoms with Gasteiger partial charge in [-0.15, -0.1) is 0 Å². The number of fused-ring (bicyclic) bond motifs is 1. The number of hydrogen-bond donors (Lipinski definition) is 4. The first-order chi connectivity index (χ1) is 11.5. The van der Waals surface area contributed by atoms with Crippen molar-refractivity contribution in [3.8, 4) is 11.5 Å². The summed E-state index contributed by atoms with van der Waals surface area (Å²) in [4.78, 5) is 12.4. The average Bonchev–Trinajstić information content (AvgIpc) is 2.58. The Morgan fingerprint density at radius 2 is 2.12 bits per heavy atom. The number of ether oxygens (including phenoxy) is 2. The Labute approximate surface area is 139 Å². The second-order valence-corrected chi connectivity index (χ2v) is 6.01. The normalized spacial score (nSPS) is 29.1. The smallest absolute Gasteiger partial charge is 0.247 e. The van der Waals surface area contributed by atoms with Crippen LogP contribution in [-0.4, -0.2) is 53.3 Å². The van der Waals surface area contributed by atoms with Crippen LogP contribution >= 0.6 is 0 Å². The standard InChI is InChI=1S/C17H21NO6/c1-23-10-2-3-11-12(4-5-24-15(11)8-10)18-17(22)9-6-13(19)16(21)14(20)7-9/h2-3,6,8,12-14,16,19-21H,4-5,7H2,1H3,(H,18,22)/t12?,13-,14-,16-/m1/s1. The van der Waals surface area contributed by atoms with Crippen molar-refractivity contribution in [3.05, 3.63) is 35.4 Å². The van der Waals surface area contributed by atoms with Gasteiger partial charge in [-0.1, -0.05) is 0 Å². The Bertz CT molecular complexity index is 658. The van der Waals surface area contributed by atoms with Gasteiger partial charge in [0, 0.05) is 30.0 Å². The molecule has 24 heavy (non-hydrogen) atoms. The number of aliphatic hydroxyl groups excluding tert-OH is 3. The van der Waals surface area contributed by atoms with Crippen molar-refractivity contribution in [1.82, 2.24) is 5.32 Å². The van der Waals surface area contributed by atoms with Crippen LogP contribution in [0.2, 0.25) is 0 Å². The minimum Gasteiger partial charge on any atom is -0.497 e. The minimum atomic E-state index is -1.27. The molecule has 7 nitrogen and oxygen atoms in total. The zero-order valence-corrected chi connectivity index (χ0v) is 13.3. The van der Waals surface area contributed by atoms with Gasteiger partial charge in [0.15, 0.2) is 0 Å². The van der Waals surface area contributed by atoms with E-state index in [0.29, 0.717) is 24.5 Å². The van der Waals surface area contributed by atoms with Crippen molar-refractivity contribution in [3.63, 3.8) is 0 Å². The Morgan fingerprint density at radius 1 is 1.33 bits per heavy atom. The number of carbonyl (C=O) groups is 1. The molecular weight excluding hydrogens is 314 g/mol. The molecule has 3 rings (SSSR count). The highest BCUT2D eigenvalue weighted by Crippen LogP contribution is 2.35. The molecule has 1 unspecified atom stereocenters. The Balaban J connectivity index is 1.76. The second kappa shape index (κ2) is 6.80. The summed E-state index contributed by atoms with van der Waals surface area (Å²) in [7, 11) is 1.57. The maximum absolute atomic E-state index is 12.4. The fourth-order valence-electron chi connectivity index (χ4n) is 3.01. The van der Waals surface area contributed by atoms with E-state index in [2.05, 4.69) is 5.32 Å². The summed E-state index contributed by atoms with van der Waals surface area (Å²) >= 11 is 0. The van der Waals surface area contributed by atoms with Gasteiger partial charge in [0.05, 0.1) is 25.9 Å². The van der Waals surface area contributed by atoms with Crippen molar-refractivity contribution in [1.29, 1.82) is 0 Å². The summed E-state index contributed by atoms with van der Waals surface area (Å²) in [6.07, 6.45) is -1.76. The zero-order chi connectivity index (χ0) is 17.3. The lowest BCUT2D eigenvalue weighted by atomic mass is 9.91. The molecule has 1 aromatic rings. The van der Waals surface area contributed by atoms with E-state index in [1.54, 1.807) is 19.2 Å². The number of rotatable bonds is 3. The molecule has 1 aromatic carbocycles. The van der Waals surface area contributed by atoms with E-state index in [4.69, 9.17) is 9.47 Å². The number of amides is 1. The molecule has 0 saturated carbocycles. The molecule has 0 radical (unpaired) electrons. The van der Waals surface area contributed by atoms with E-state index in [0.717, 1.165) is 5.56 Å². The molecule has 2 aliphatic rings. The first-order valence-corrected chi connectivity index (χ1v) is 7.86. The Morgan fingerprint density at radius 3 is 2.83 bits per heavy atom. The summed E-state index contributed by atoms with van der Waals surface area (Å²) in [5.41, 5.74) is 1.12. The third-order valence-corrected chi connectivity index (χ3v) is 4.40.